The van der Waals surface area contributed by atoms with Crippen LogP contribution in [-0.4, -0.2) is 12.6 Å². The van der Waals surface area contributed by atoms with Crippen molar-refractivity contribution in [1.82, 2.24) is 10.6 Å². The number of hydrogen-bond donors (Lipinski definition) is 2. The third-order valence-electron chi connectivity index (χ3n) is 2.45. The van der Waals surface area contributed by atoms with Gasteiger partial charge in [0.25, 0.3) is 0 Å². The largest absolute Gasteiger partial charge is 0.338 e. The van der Waals surface area contributed by atoms with E-state index in [0.717, 1.165) is 24.9 Å². The minimum Gasteiger partial charge on any atom is -0.338 e. The quantitative estimate of drug-likeness (QED) is 0.787. The molecule has 3 heteroatoms. The molecular weight excluding hydrogens is 200 g/mol. The van der Waals surface area contributed by atoms with Crippen LogP contribution < -0.4 is 10.6 Å². The molecule has 16 heavy (non-hydrogen) atoms. The minimum absolute atomic E-state index is 0.0856. The summed E-state index contributed by atoms with van der Waals surface area (Å²) in [4.78, 5) is 11.5. The van der Waals surface area contributed by atoms with Gasteiger partial charge >= 0.3 is 6.03 Å². The molecule has 0 aliphatic heterocycles. The Morgan fingerprint density at radius 3 is 2.50 bits per heavy atom. The lowest BCUT2D eigenvalue weighted by molar-refractivity contribution is 0.236. The van der Waals surface area contributed by atoms with E-state index in [2.05, 4.69) is 17.6 Å². The van der Waals surface area contributed by atoms with E-state index in [1.165, 1.54) is 0 Å². The van der Waals surface area contributed by atoms with Crippen molar-refractivity contribution in [1.29, 1.82) is 0 Å². The summed E-state index contributed by atoms with van der Waals surface area (Å²) in [6.07, 6.45) is 1.85. The van der Waals surface area contributed by atoms with Crippen LogP contribution in [0.2, 0.25) is 0 Å². The number of nitrogens with one attached hydrogen (secondary N) is 2. The molecule has 0 aromatic heterocycles. The molecule has 1 rings (SSSR count). The smallest absolute Gasteiger partial charge is 0.315 e. The summed E-state index contributed by atoms with van der Waals surface area (Å²) < 4.78 is 0. The number of carbonyl (C=O) groups excluding carboxylic acids is 1. The molecule has 0 radical (unpaired) electrons. The number of amides is 2. The van der Waals surface area contributed by atoms with Crippen LogP contribution in [0.4, 0.5) is 4.79 Å². The summed E-state index contributed by atoms with van der Waals surface area (Å²) >= 11 is 0. The normalized spacial score (nSPS) is 11.9. The fourth-order valence-corrected chi connectivity index (χ4v) is 1.55. The molecule has 0 aliphatic rings. The van der Waals surface area contributed by atoms with Crippen molar-refractivity contribution >= 4 is 6.03 Å². The van der Waals surface area contributed by atoms with Gasteiger partial charge in [0.05, 0.1) is 6.04 Å². The highest BCUT2D eigenvalue weighted by molar-refractivity contribution is 5.74. The first-order valence-corrected chi connectivity index (χ1v) is 5.87. The van der Waals surface area contributed by atoms with E-state index in [1.807, 2.05) is 37.3 Å². The number of urea groups is 1. The average Bonchev–Trinajstić information content (AvgIpc) is 2.34. The molecule has 0 fully saturated rings. The highest BCUT2D eigenvalue weighted by atomic mass is 16.2. The predicted octanol–water partition coefficient (Wildman–Crippen LogP) is 2.85. The van der Waals surface area contributed by atoms with Crippen LogP contribution in [0.15, 0.2) is 30.3 Å². The van der Waals surface area contributed by atoms with Gasteiger partial charge in [-0.25, -0.2) is 4.79 Å². The monoisotopic (exact) mass is 220 g/mol. The van der Waals surface area contributed by atoms with Crippen LogP contribution >= 0.6 is 0 Å². The van der Waals surface area contributed by atoms with Gasteiger partial charge in [0.1, 0.15) is 0 Å². The van der Waals surface area contributed by atoms with Gasteiger partial charge in [-0.15, -0.1) is 0 Å². The minimum atomic E-state index is -0.0856. The average molecular weight is 220 g/mol. The first-order valence-electron chi connectivity index (χ1n) is 5.87. The third-order valence-corrected chi connectivity index (χ3v) is 2.45. The van der Waals surface area contributed by atoms with Gasteiger partial charge in [-0.3, -0.25) is 0 Å². The van der Waals surface area contributed by atoms with Gasteiger partial charge in [-0.1, -0.05) is 44.2 Å². The van der Waals surface area contributed by atoms with E-state index in [0.29, 0.717) is 0 Å². The zero-order valence-corrected chi connectivity index (χ0v) is 9.99. The number of benzene rings is 1. The van der Waals surface area contributed by atoms with Crippen LogP contribution in [0.3, 0.4) is 0 Å². The molecule has 0 heterocycles. The Labute approximate surface area is 97.2 Å². The van der Waals surface area contributed by atoms with Crippen molar-refractivity contribution in [2.24, 2.45) is 0 Å². The van der Waals surface area contributed by atoms with Crippen LogP contribution in [-0.2, 0) is 0 Å². The molecule has 0 saturated carbocycles. The van der Waals surface area contributed by atoms with Gasteiger partial charge in [0.15, 0.2) is 0 Å². The van der Waals surface area contributed by atoms with Crippen LogP contribution in [0.25, 0.3) is 0 Å². The fourth-order valence-electron chi connectivity index (χ4n) is 1.55. The Bertz CT molecular complexity index is 311. The van der Waals surface area contributed by atoms with Crippen molar-refractivity contribution in [3.05, 3.63) is 35.9 Å². The van der Waals surface area contributed by atoms with E-state index in [1.54, 1.807) is 0 Å². The van der Waals surface area contributed by atoms with Crippen molar-refractivity contribution in [3.63, 3.8) is 0 Å². The van der Waals surface area contributed by atoms with Crippen LogP contribution in [0.1, 0.15) is 38.3 Å². The second-order valence-electron chi connectivity index (χ2n) is 3.77. The van der Waals surface area contributed by atoms with Gasteiger partial charge in [0, 0.05) is 6.54 Å². The lowest BCUT2D eigenvalue weighted by atomic mass is 10.1. The number of hydrogen-bond acceptors (Lipinski definition) is 1. The number of carbonyl (C=O) groups is 1. The van der Waals surface area contributed by atoms with E-state index >= 15 is 0 Å². The summed E-state index contributed by atoms with van der Waals surface area (Å²) in [7, 11) is 0. The summed E-state index contributed by atoms with van der Waals surface area (Å²) in [6, 6.07) is 10.0. The Balaban J connectivity index is 2.52. The van der Waals surface area contributed by atoms with Crippen LogP contribution in [0, 0.1) is 0 Å². The SMILES string of the molecule is CCCNC(=O)N[C@H](CC)c1ccccc1. The van der Waals surface area contributed by atoms with Gasteiger partial charge in [-0.2, -0.15) is 0 Å². The van der Waals surface area contributed by atoms with Crippen molar-refractivity contribution in [3.8, 4) is 0 Å². The first-order chi connectivity index (χ1) is 7.77. The molecule has 1 aromatic rings. The topological polar surface area (TPSA) is 41.1 Å². The standard InChI is InChI=1S/C13H20N2O/c1-3-10-14-13(16)15-12(4-2)11-8-6-5-7-9-11/h5-9,12H,3-4,10H2,1-2H3,(H2,14,15,16)/t12-/m1/s1. The molecule has 88 valence electrons. The first kappa shape index (κ1) is 12.6. The molecular formula is C13H20N2O. The fraction of sp³-hybridized carbons (Fsp3) is 0.462. The molecule has 2 N–H and O–H groups in total. The van der Waals surface area contributed by atoms with Crippen molar-refractivity contribution in [2.75, 3.05) is 6.54 Å². The van der Waals surface area contributed by atoms with E-state index in [4.69, 9.17) is 0 Å². The lowest BCUT2D eigenvalue weighted by Crippen LogP contribution is -2.38. The highest BCUT2D eigenvalue weighted by Gasteiger charge is 2.11. The Morgan fingerprint density at radius 2 is 1.94 bits per heavy atom. The Kier molecular flexibility index (Phi) is 5.40. The summed E-state index contributed by atoms with van der Waals surface area (Å²) in [5, 5.41) is 5.78. The molecule has 0 spiro atoms. The van der Waals surface area contributed by atoms with Crippen molar-refractivity contribution < 1.29 is 4.79 Å². The Hall–Kier alpha value is -1.51. The maximum atomic E-state index is 11.5. The zero-order chi connectivity index (χ0) is 11.8. The van der Waals surface area contributed by atoms with Gasteiger partial charge in [0.2, 0.25) is 0 Å². The molecule has 0 aliphatic carbocycles. The lowest BCUT2D eigenvalue weighted by Gasteiger charge is -2.17. The molecule has 0 saturated heterocycles. The second kappa shape index (κ2) is 6.88. The molecule has 0 unspecified atom stereocenters. The maximum Gasteiger partial charge on any atom is 0.315 e. The molecule has 3 nitrogen and oxygen atoms in total. The van der Waals surface area contributed by atoms with Crippen LogP contribution in [0.5, 0.6) is 0 Å². The van der Waals surface area contributed by atoms with E-state index < -0.39 is 0 Å². The van der Waals surface area contributed by atoms with Gasteiger partial charge < -0.3 is 10.6 Å². The Morgan fingerprint density at radius 1 is 1.25 bits per heavy atom. The third kappa shape index (κ3) is 3.93. The van der Waals surface area contributed by atoms with Gasteiger partial charge in [-0.05, 0) is 18.4 Å². The summed E-state index contributed by atoms with van der Waals surface area (Å²) in [5.74, 6) is 0. The van der Waals surface area contributed by atoms with E-state index in [-0.39, 0.29) is 12.1 Å². The highest BCUT2D eigenvalue weighted by Crippen LogP contribution is 2.15. The molecule has 1 atom stereocenters. The molecule has 0 bridgehead atoms. The number of rotatable bonds is 5. The summed E-state index contributed by atoms with van der Waals surface area (Å²) in [6.45, 7) is 4.82. The maximum absolute atomic E-state index is 11.5. The van der Waals surface area contributed by atoms with E-state index in [9.17, 15) is 4.79 Å². The van der Waals surface area contributed by atoms with Crippen molar-refractivity contribution in [2.45, 2.75) is 32.7 Å². The zero-order valence-electron chi connectivity index (χ0n) is 9.99. The predicted molar refractivity (Wildman–Crippen MR) is 66.3 cm³/mol. The molecule has 1 aromatic carbocycles. The summed E-state index contributed by atoms with van der Waals surface area (Å²) in [5.41, 5.74) is 1.15. The molecule has 2 amide bonds. The second-order valence-corrected chi connectivity index (χ2v) is 3.77.